The van der Waals surface area contributed by atoms with Gasteiger partial charge < -0.3 is 14.4 Å². The van der Waals surface area contributed by atoms with Gasteiger partial charge in [0.1, 0.15) is 11.9 Å². The van der Waals surface area contributed by atoms with Gasteiger partial charge in [-0.2, -0.15) is 0 Å². The van der Waals surface area contributed by atoms with Gasteiger partial charge in [-0.1, -0.05) is 42.0 Å². The summed E-state index contributed by atoms with van der Waals surface area (Å²) in [5, 5.41) is 0. The maximum absolute atomic E-state index is 13.1. The van der Waals surface area contributed by atoms with Crippen LogP contribution in [0.1, 0.15) is 36.1 Å². The second-order valence-electron chi connectivity index (χ2n) is 7.57. The molecule has 0 unspecified atom stereocenters. The van der Waals surface area contributed by atoms with E-state index in [4.69, 9.17) is 9.47 Å². The van der Waals surface area contributed by atoms with Gasteiger partial charge in [0.15, 0.2) is 0 Å². The van der Waals surface area contributed by atoms with Gasteiger partial charge >= 0.3 is 0 Å². The Bertz CT molecular complexity index is 802. The molecule has 1 aliphatic rings. The fourth-order valence-electron chi connectivity index (χ4n) is 3.69. The van der Waals surface area contributed by atoms with Crippen LogP contribution in [0.25, 0.3) is 0 Å². The molecule has 2 atom stereocenters. The first-order valence-corrected chi connectivity index (χ1v) is 9.58. The first-order chi connectivity index (χ1) is 13.0. The number of carbonyl (C=O) groups excluding carboxylic acids is 1. The van der Waals surface area contributed by atoms with E-state index in [1.54, 1.807) is 7.11 Å². The molecule has 144 valence electrons. The van der Waals surface area contributed by atoms with Crippen molar-refractivity contribution in [3.63, 3.8) is 0 Å². The minimum atomic E-state index is 0.0146. The van der Waals surface area contributed by atoms with Crippen molar-refractivity contribution in [2.75, 3.05) is 13.7 Å². The molecule has 2 aromatic rings. The minimum Gasteiger partial charge on any atom is -0.490 e. The van der Waals surface area contributed by atoms with Crippen LogP contribution in [0.5, 0.6) is 5.75 Å². The number of methoxy groups -OCH3 is 1. The van der Waals surface area contributed by atoms with E-state index in [0.29, 0.717) is 19.6 Å². The van der Waals surface area contributed by atoms with Crippen LogP contribution in [0, 0.1) is 6.92 Å². The van der Waals surface area contributed by atoms with Gasteiger partial charge in [0, 0.05) is 20.1 Å². The molecular weight excluding hydrogens is 338 g/mol. The Morgan fingerprint density at radius 1 is 1.26 bits per heavy atom. The molecular formula is C23H29NO3. The number of fused-ring (bicyclic) bond motifs is 1. The Balaban J connectivity index is 1.75. The SMILES string of the molecule is COC[C@H](C)N(Cc1cccc(C)c1)C(=O)Cc1ccc2c(c1)C[C@H](C)O2. The van der Waals surface area contributed by atoms with Crippen LogP contribution in [0.2, 0.25) is 0 Å². The maximum atomic E-state index is 13.1. The summed E-state index contributed by atoms with van der Waals surface area (Å²) in [6.45, 7) is 7.29. The van der Waals surface area contributed by atoms with E-state index in [1.165, 1.54) is 11.1 Å². The van der Waals surface area contributed by atoms with Crippen molar-refractivity contribution in [2.45, 2.75) is 52.3 Å². The second kappa shape index (κ2) is 8.57. The smallest absolute Gasteiger partial charge is 0.227 e. The number of hydrogen-bond donors (Lipinski definition) is 0. The monoisotopic (exact) mass is 367 g/mol. The predicted octanol–water partition coefficient (Wildman–Crippen LogP) is 3.92. The van der Waals surface area contributed by atoms with Gasteiger partial charge in [0.25, 0.3) is 0 Å². The molecule has 0 fully saturated rings. The molecule has 0 saturated carbocycles. The summed E-state index contributed by atoms with van der Waals surface area (Å²) in [5.41, 5.74) is 4.58. The molecule has 1 amide bonds. The van der Waals surface area contributed by atoms with Crippen LogP contribution in [-0.2, 0) is 28.9 Å². The summed E-state index contributed by atoms with van der Waals surface area (Å²) in [5.74, 6) is 1.07. The van der Waals surface area contributed by atoms with E-state index in [9.17, 15) is 4.79 Å². The van der Waals surface area contributed by atoms with Crippen LogP contribution >= 0.6 is 0 Å². The number of nitrogens with zero attached hydrogens (tertiary/aromatic N) is 1. The van der Waals surface area contributed by atoms with Crippen molar-refractivity contribution in [3.05, 3.63) is 64.7 Å². The molecule has 0 bridgehead atoms. The molecule has 0 aromatic heterocycles. The fourth-order valence-corrected chi connectivity index (χ4v) is 3.69. The Hall–Kier alpha value is -2.33. The van der Waals surface area contributed by atoms with Gasteiger partial charge in [0.2, 0.25) is 5.91 Å². The lowest BCUT2D eigenvalue weighted by atomic mass is 10.0. The lowest BCUT2D eigenvalue weighted by molar-refractivity contribution is -0.134. The van der Waals surface area contributed by atoms with Gasteiger partial charge in [-0.05, 0) is 43.5 Å². The number of aryl methyl sites for hydroxylation is 1. The quantitative estimate of drug-likeness (QED) is 0.744. The van der Waals surface area contributed by atoms with Crippen LogP contribution in [0.15, 0.2) is 42.5 Å². The number of ether oxygens (including phenoxy) is 2. The highest BCUT2D eigenvalue weighted by atomic mass is 16.5. The zero-order chi connectivity index (χ0) is 19.4. The Kier molecular flexibility index (Phi) is 6.17. The van der Waals surface area contributed by atoms with Crippen molar-refractivity contribution >= 4 is 5.91 Å². The molecule has 1 heterocycles. The van der Waals surface area contributed by atoms with Crippen LogP contribution in [0.3, 0.4) is 0 Å². The average Bonchev–Trinajstić information content (AvgIpc) is 2.99. The van der Waals surface area contributed by atoms with Crippen molar-refractivity contribution in [3.8, 4) is 5.75 Å². The van der Waals surface area contributed by atoms with E-state index in [-0.39, 0.29) is 18.1 Å². The predicted molar refractivity (Wildman–Crippen MR) is 107 cm³/mol. The van der Waals surface area contributed by atoms with Gasteiger partial charge in [-0.25, -0.2) is 0 Å². The Morgan fingerprint density at radius 3 is 2.81 bits per heavy atom. The van der Waals surface area contributed by atoms with Crippen molar-refractivity contribution in [1.29, 1.82) is 0 Å². The minimum absolute atomic E-state index is 0.0146. The van der Waals surface area contributed by atoms with E-state index >= 15 is 0 Å². The highest BCUT2D eigenvalue weighted by molar-refractivity contribution is 5.79. The summed E-state index contributed by atoms with van der Waals surface area (Å²) in [4.78, 5) is 15.0. The Morgan fingerprint density at radius 2 is 2.07 bits per heavy atom. The third-order valence-electron chi connectivity index (χ3n) is 5.01. The first kappa shape index (κ1) is 19.4. The van der Waals surface area contributed by atoms with E-state index < -0.39 is 0 Å². The normalized spacial score (nSPS) is 16.5. The third-order valence-corrected chi connectivity index (χ3v) is 5.01. The highest BCUT2D eigenvalue weighted by Gasteiger charge is 2.23. The van der Waals surface area contributed by atoms with Crippen molar-refractivity contribution in [1.82, 2.24) is 4.90 Å². The lowest BCUT2D eigenvalue weighted by Crippen LogP contribution is -2.41. The van der Waals surface area contributed by atoms with E-state index in [1.807, 2.05) is 30.0 Å². The van der Waals surface area contributed by atoms with Crippen LogP contribution in [-0.4, -0.2) is 36.7 Å². The van der Waals surface area contributed by atoms with Crippen LogP contribution < -0.4 is 4.74 Å². The molecule has 3 rings (SSSR count). The highest BCUT2D eigenvalue weighted by Crippen LogP contribution is 2.29. The van der Waals surface area contributed by atoms with Gasteiger partial charge in [-0.3, -0.25) is 4.79 Å². The molecule has 0 N–H and O–H groups in total. The lowest BCUT2D eigenvalue weighted by Gasteiger charge is -2.29. The summed E-state index contributed by atoms with van der Waals surface area (Å²) in [7, 11) is 1.67. The third kappa shape index (κ3) is 4.89. The van der Waals surface area contributed by atoms with Gasteiger partial charge in [0.05, 0.1) is 19.1 Å². The van der Waals surface area contributed by atoms with Gasteiger partial charge in [-0.15, -0.1) is 0 Å². The molecule has 0 radical (unpaired) electrons. The topological polar surface area (TPSA) is 38.8 Å². The first-order valence-electron chi connectivity index (χ1n) is 9.58. The molecule has 2 aromatic carbocycles. The largest absolute Gasteiger partial charge is 0.490 e. The fraction of sp³-hybridized carbons (Fsp3) is 0.435. The van der Waals surface area contributed by atoms with E-state index in [2.05, 4.69) is 38.1 Å². The molecule has 0 spiro atoms. The Labute approximate surface area is 162 Å². The number of rotatable bonds is 7. The van der Waals surface area contributed by atoms with Crippen molar-refractivity contribution < 1.29 is 14.3 Å². The molecule has 4 heteroatoms. The average molecular weight is 367 g/mol. The zero-order valence-corrected chi connectivity index (χ0v) is 16.7. The molecule has 0 saturated heterocycles. The van der Waals surface area contributed by atoms with E-state index in [0.717, 1.165) is 23.3 Å². The maximum Gasteiger partial charge on any atom is 0.227 e. The number of benzene rings is 2. The van der Waals surface area contributed by atoms with Crippen LogP contribution in [0.4, 0.5) is 0 Å². The molecule has 4 nitrogen and oxygen atoms in total. The summed E-state index contributed by atoms with van der Waals surface area (Å²) >= 11 is 0. The number of carbonyl (C=O) groups is 1. The second-order valence-corrected chi connectivity index (χ2v) is 7.57. The van der Waals surface area contributed by atoms with Crippen molar-refractivity contribution in [2.24, 2.45) is 0 Å². The molecule has 27 heavy (non-hydrogen) atoms. The molecule has 1 aliphatic heterocycles. The standard InChI is InChI=1S/C23H29NO3/c1-16-6-5-7-20(10-16)14-24(17(2)15-26-4)23(25)13-19-8-9-22-21(12-19)11-18(3)27-22/h5-10,12,17-18H,11,13-15H2,1-4H3/t17-,18-/m0/s1. The molecule has 0 aliphatic carbocycles. The zero-order valence-electron chi connectivity index (χ0n) is 16.7. The summed E-state index contributed by atoms with van der Waals surface area (Å²) in [6.07, 6.45) is 1.51. The number of hydrogen-bond acceptors (Lipinski definition) is 3. The summed E-state index contributed by atoms with van der Waals surface area (Å²) in [6, 6.07) is 14.4. The summed E-state index contributed by atoms with van der Waals surface area (Å²) < 4.78 is 11.1. The number of amides is 1.